The third kappa shape index (κ3) is 3.71. The fourth-order valence-corrected chi connectivity index (χ4v) is 1.86. The first kappa shape index (κ1) is 13.4. The molecule has 2 atom stereocenters. The van der Waals surface area contributed by atoms with Crippen LogP contribution in [0.4, 0.5) is 0 Å². The molecule has 0 aromatic heterocycles. The molecule has 16 heavy (non-hydrogen) atoms. The van der Waals surface area contributed by atoms with E-state index < -0.39 is 0 Å². The van der Waals surface area contributed by atoms with Gasteiger partial charge in [-0.25, -0.2) is 0 Å². The molecule has 0 bridgehead atoms. The SMILES string of the molecule is CCC(C)C(Cl)c1ccc(OC(C)C)cc1. The van der Waals surface area contributed by atoms with E-state index in [2.05, 4.69) is 26.0 Å². The molecule has 0 saturated heterocycles. The second kappa shape index (κ2) is 6.15. The highest BCUT2D eigenvalue weighted by atomic mass is 35.5. The van der Waals surface area contributed by atoms with Gasteiger partial charge in [0.2, 0.25) is 0 Å². The minimum atomic E-state index is 0.0955. The molecule has 0 aliphatic rings. The summed E-state index contributed by atoms with van der Waals surface area (Å²) >= 11 is 6.37. The molecule has 0 amide bonds. The maximum absolute atomic E-state index is 6.37. The van der Waals surface area contributed by atoms with Crippen molar-refractivity contribution in [1.29, 1.82) is 0 Å². The van der Waals surface area contributed by atoms with Crippen LogP contribution in [0.2, 0.25) is 0 Å². The zero-order valence-corrected chi connectivity index (χ0v) is 11.3. The van der Waals surface area contributed by atoms with Gasteiger partial charge in [0.15, 0.2) is 0 Å². The molecule has 0 aliphatic carbocycles. The van der Waals surface area contributed by atoms with E-state index in [9.17, 15) is 0 Å². The zero-order chi connectivity index (χ0) is 12.1. The van der Waals surface area contributed by atoms with Gasteiger partial charge in [0.1, 0.15) is 5.75 Å². The quantitative estimate of drug-likeness (QED) is 0.672. The lowest BCUT2D eigenvalue weighted by atomic mass is 9.98. The molecule has 0 radical (unpaired) electrons. The number of alkyl halides is 1. The molecular formula is C14H21ClO. The maximum atomic E-state index is 6.37. The van der Waals surface area contributed by atoms with E-state index >= 15 is 0 Å². The molecule has 0 N–H and O–H groups in total. The van der Waals surface area contributed by atoms with Crippen molar-refractivity contribution in [2.45, 2.75) is 45.6 Å². The highest BCUT2D eigenvalue weighted by molar-refractivity contribution is 6.21. The van der Waals surface area contributed by atoms with Crippen LogP contribution >= 0.6 is 11.6 Å². The van der Waals surface area contributed by atoms with Gasteiger partial charge in [0.05, 0.1) is 11.5 Å². The largest absolute Gasteiger partial charge is 0.491 e. The molecule has 1 aromatic carbocycles. The highest BCUT2D eigenvalue weighted by Gasteiger charge is 2.14. The summed E-state index contributed by atoms with van der Waals surface area (Å²) in [5.74, 6) is 1.41. The molecule has 0 aliphatic heterocycles. The molecule has 90 valence electrons. The predicted octanol–water partition coefficient (Wildman–Crippen LogP) is 4.80. The highest BCUT2D eigenvalue weighted by Crippen LogP contribution is 2.31. The van der Waals surface area contributed by atoms with Crippen LogP contribution in [0.3, 0.4) is 0 Å². The Balaban J connectivity index is 2.70. The average Bonchev–Trinajstić information content (AvgIpc) is 2.27. The van der Waals surface area contributed by atoms with Crippen molar-refractivity contribution in [1.82, 2.24) is 0 Å². The van der Waals surface area contributed by atoms with Crippen LogP contribution in [0.5, 0.6) is 5.75 Å². The van der Waals surface area contributed by atoms with Gasteiger partial charge in [0.25, 0.3) is 0 Å². The number of hydrogen-bond acceptors (Lipinski definition) is 1. The summed E-state index contributed by atoms with van der Waals surface area (Å²) in [6.45, 7) is 8.39. The van der Waals surface area contributed by atoms with Crippen molar-refractivity contribution < 1.29 is 4.74 Å². The standard InChI is InChI=1S/C14H21ClO/c1-5-11(4)14(15)12-6-8-13(9-7-12)16-10(2)3/h6-11,14H,5H2,1-4H3. The van der Waals surface area contributed by atoms with E-state index in [-0.39, 0.29) is 11.5 Å². The summed E-state index contributed by atoms with van der Waals surface area (Å²) in [5, 5.41) is 0.0955. The zero-order valence-electron chi connectivity index (χ0n) is 10.5. The number of rotatable bonds is 5. The minimum Gasteiger partial charge on any atom is -0.491 e. The predicted molar refractivity (Wildman–Crippen MR) is 70.3 cm³/mol. The number of ether oxygens (including phenoxy) is 1. The van der Waals surface area contributed by atoms with E-state index in [1.54, 1.807) is 0 Å². The molecule has 1 nitrogen and oxygen atoms in total. The maximum Gasteiger partial charge on any atom is 0.119 e. The monoisotopic (exact) mass is 240 g/mol. The van der Waals surface area contributed by atoms with Crippen molar-refractivity contribution in [2.75, 3.05) is 0 Å². The Labute approximate surface area is 104 Å². The van der Waals surface area contributed by atoms with E-state index in [1.165, 1.54) is 5.56 Å². The first-order valence-electron chi connectivity index (χ1n) is 5.95. The van der Waals surface area contributed by atoms with Gasteiger partial charge >= 0.3 is 0 Å². The van der Waals surface area contributed by atoms with Crippen LogP contribution in [0.25, 0.3) is 0 Å². The third-order valence-electron chi connectivity index (χ3n) is 2.71. The Morgan fingerprint density at radius 1 is 1.12 bits per heavy atom. The molecule has 2 unspecified atom stereocenters. The summed E-state index contributed by atoms with van der Waals surface area (Å²) in [6, 6.07) is 8.10. The fourth-order valence-electron chi connectivity index (χ4n) is 1.54. The number of benzene rings is 1. The van der Waals surface area contributed by atoms with Crippen LogP contribution in [0.1, 0.15) is 45.1 Å². The molecule has 0 saturated carbocycles. The second-order valence-corrected chi connectivity index (χ2v) is 4.99. The average molecular weight is 241 g/mol. The van der Waals surface area contributed by atoms with E-state index in [0.717, 1.165) is 12.2 Å². The van der Waals surface area contributed by atoms with Crippen molar-refractivity contribution in [3.63, 3.8) is 0 Å². The first-order valence-corrected chi connectivity index (χ1v) is 6.39. The molecule has 1 rings (SSSR count). The Bertz CT molecular complexity index is 305. The van der Waals surface area contributed by atoms with Gasteiger partial charge in [0, 0.05) is 0 Å². The fraction of sp³-hybridized carbons (Fsp3) is 0.571. The third-order valence-corrected chi connectivity index (χ3v) is 3.40. The van der Waals surface area contributed by atoms with Crippen LogP contribution < -0.4 is 4.74 Å². The van der Waals surface area contributed by atoms with E-state index in [0.29, 0.717) is 5.92 Å². The number of hydrogen-bond donors (Lipinski definition) is 0. The van der Waals surface area contributed by atoms with Gasteiger partial charge < -0.3 is 4.74 Å². The van der Waals surface area contributed by atoms with Gasteiger partial charge in [-0.05, 0) is 37.5 Å². The van der Waals surface area contributed by atoms with Gasteiger partial charge in [-0.15, -0.1) is 11.6 Å². The molecule has 2 heteroatoms. The summed E-state index contributed by atoms with van der Waals surface area (Å²) in [7, 11) is 0. The van der Waals surface area contributed by atoms with E-state index in [4.69, 9.17) is 16.3 Å². The molecule has 0 fully saturated rings. The lowest BCUT2D eigenvalue weighted by Crippen LogP contribution is -2.06. The van der Waals surface area contributed by atoms with Crippen molar-refractivity contribution >= 4 is 11.6 Å². The topological polar surface area (TPSA) is 9.23 Å². The Hall–Kier alpha value is -0.690. The summed E-state index contributed by atoms with van der Waals surface area (Å²) in [4.78, 5) is 0. The van der Waals surface area contributed by atoms with Gasteiger partial charge in [-0.3, -0.25) is 0 Å². The van der Waals surface area contributed by atoms with Crippen molar-refractivity contribution in [3.05, 3.63) is 29.8 Å². The minimum absolute atomic E-state index is 0.0955. The Kier molecular flexibility index (Phi) is 5.14. The van der Waals surface area contributed by atoms with Crippen LogP contribution in [0, 0.1) is 5.92 Å². The Morgan fingerprint density at radius 3 is 2.12 bits per heavy atom. The van der Waals surface area contributed by atoms with E-state index in [1.807, 2.05) is 26.0 Å². The van der Waals surface area contributed by atoms with Crippen LogP contribution in [-0.2, 0) is 0 Å². The Morgan fingerprint density at radius 2 is 1.69 bits per heavy atom. The van der Waals surface area contributed by atoms with Crippen molar-refractivity contribution in [3.8, 4) is 5.75 Å². The molecule has 1 aromatic rings. The summed E-state index contributed by atoms with van der Waals surface area (Å²) < 4.78 is 5.59. The van der Waals surface area contributed by atoms with Crippen LogP contribution in [-0.4, -0.2) is 6.10 Å². The summed E-state index contributed by atoms with van der Waals surface area (Å²) in [5.41, 5.74) is 1.17. The van der Waals surface area contributed by atoms with Crippen LogP contribution in [0.15, 0.2) is 24.3 Å². The lowest BCUT2D eigenvalue weighted by molar-refractivity contribution is 0.242. The lowest BCUT2D eigenvalue weighted by Gasteiger charge is -2.17. The molecule has 0 spiro atoms. The number of halogens is 1. The molecular weight excluding hydrogens is 220 g/mol. The summed E-state index contributed by atoms with van der Waals surface area (Å²) in [6.07, 6.45) is 1.31. The first-order chi connectivity index (χ1) is 7.54. The molecule has 0 heterocycles. The van der Waals surface area contributed by atoms with Crippen molar-refractivity contribution in [2.24, 2.45) is 5.92 Å². The normalized spacial score (nSPS) is 14.9. The smallest absolute Gasteiger partial charge is 0.119 e. The van der Waals surface area contributed by atoms with Gasteiger partial charge in [-0.2, -0.15) is 0 Å². The van der Waals surface area contributed by atoms with Gasteiger partial charge in [-0.1, -0.05) is 32.4 Å². The second-order valence-electron chi connectivity index (χ2n) is 4.52.